The Hall–Kier alpha value is -2.54. The molecule has 0 saturated heterocycles. The third-order valence-corrected chi connectivity index (χ3v) is 3.09. The van der Waals surface area contributed by atoms with E-state index in [1.54, 1.807) is 14.0 Å². The second-order valence-electron chi connectivity index (χ2n) is 4.39. The maximum Gasteiger partial charge on any atom is 0.378 e. The van der Waals surface area contributed by atoms with Gasteiger partial charge in [-0.25, -0.2) is 9.78 Å². The summed E-state index contributed by atoms with van der Waals surface area (Å²) in [4.78, 5) is 16.0. The summed E-state index contributed by atoms with van der Waals surface area (Å²) in [6.45, 7) is 2.30. The van der Waals surface area contributed by atoms with Crippen molar-refractivity contribution in [3.63, 3.8) is 0 Å². The van der Waals surface area contributed by atoms with Crippen LogP contribution in [0.15, 0.2) is 24.3 Å². The molecule has 7 heteroatoms. The van der Waals surface area contributed by atoms with Crippen molar-refractivity contribution < 1.29 is 14.3 Å². The van der Waals surface area contributed by atoms with E-state index < -0.39 is 5.97 Å². The molecule has 3 aromatic rings. The minimum atomic E-state index is -0.582. The molecular formula is C14H14N4O3. The highest BCUT2D eigenvalue weighted by Crippen LogP contribution is 2.25. The minimum Gasteiger partial charge on any atom is -0.460 e. The summed E-state index contributed by atoms with van der Waals surface area (Å²) in [5, 5.41) is 8.90. The number of esters is 1. The van der Waals surface area contributed by atoms with Crippen LogP contribution in [-0.4, -0.2) is 39.4 Å². The fourth-order valence-corrected chi connectivity index (χ4v) is 2.25. The zero-order valence-corrected chi connectivity index (χ0v) is 11.7. The van der Waals surface area contributed by atoms with Gasteiger partial charge in [-0.3, -0.25) is 4.57 Å². The molecule has 0 aliphatic rings. The van der Waals surface area contributed by atoms with Crippen LogP contribution in [0.25, 0.3) is 22.1 Å². The van der Waals surface area contributed by atoms with E-state index in [1.165, 1.54) is 0 Å². The van der Waals surface area contributed by atoms with Gasteiger partial charge in [0.05, 0.1) is 12.1 Å². The molecule has 0 N–H and O–H groups in total. The number of hydrogen-bond donors (Lipinski definition) is 0. The molecule has 0 aliphatic heterocycles. The molecular weight excluding hydrogens is 272 g/mol. The third-order valence-electron chi connectivity index (χ3n) is 3.09. The van der Waals surface area contributed by atoms with Gasteiger partial charge >= 0.3 is 5.97 Å². The zero-order valence-electron chi connectivity index (χ0n) is 11.7. The van der Waals surface area contributed by atoms with Gasteiger partial charge in [0.15, 0.2) is 5.65 Å². The first-order valence-corrected chi connectivity index (χ1v) is 6.54. The number of aromatic nitrogens is 4. The van der Waals surface area contributed by atoms with Crippen molar-refractivity contribution in [2.75, 3.05) is 13.7 Å². The molecule has 0 radical (unpaired) electrons. The molecule has 0 fully saturated rings. The van der Waals surface area contributed by atoms with Crippen LogP contribution in [0.4, 0.5) is 0 Å². The molecule has 0 saturated carbocycles. The first-order chi connectivity index (χ1) is 10.3. The van der Waals surface area contributed by atoms with Gasteiger partial charge in [-0.15, -0.1) is 10.2 Å². The summed E-state index contributed by atoms with van der Waals surface area (Å²) in [6, 6.07) is 7.72. The van der Waals surface area contributed by atoms with Crippen LogP contribution in [0.5, 0.6) is 0 Å². The number of carbonyl (C=O) groups excluding carboxylic acids is 1. The molecule has 21 heavy (non-hydrogen) atoms. The van der Waals surface area contributed by atoms with E-state index >= 15 is 0 Å². The fraction of sp³-hybridized carbons (Fsp3) is 0.286. The summed E-state index contributed by atoms with van der Waals surface area (Å²) >= 11 is 0. The van der Waals surface area contributed by atoms with E-state index in [0.29, 0.717) is 17.9 Å². The Morgan fingerprint density at radius 1 is 1.29 bits per heavy atom. The van der Waals surface area contributed by atoms with Crippen LogP contribution in [0.2, 0.25) is 0 Å². The Labute approximate surface area is 120 Å². The summed E-state index contributed by atoms with van der Waals surface area (Å²) < 4.78 is 12.0. The average Bonchev–Trinajstić information content (AvgIpc) is 2.82. The predicted molar refractivity (Wildman–Crippen MR) is 75.8 cm³/mol. The summed E-state index contributed by atoms with van der Waals surface area (Å²) in [6.07, 6.45) is 0. The monoisotopic (exact) mass is 286 g/mol. The molecule has 3 rings (SSSR count). The molecule has 0 unspecified atom stereocenters. The first-order valence-electron chi connectivity index (χ1n) is 6.54. The van der Waals surface area contributed by atoms with E-state index in [2.05, 4.69) is 15.2 Å². The van der Waals surface area contributed by atoms with Crippen molar-refractivity contribution in [2.45, 2.75) is 13.7 Å². The molecule has 0 amide bonds. The Kier molecular flexibility index (Phi) is 3.49. The smallest absolute Gasteiger partial charge is 0.378 e. The highest BCUT2D eigenvalue weighted by atomic mass is 16.5. The number of ether oxygens (including phenoxy) is 2. The number of para-hydroxylation sites is 1. The van der Waals surface area contributed by atoms with Gasteiger partial charge in [-0.1, -0.05) is 18.2 Å². The Balaban J connectivity index is 2.26. The third kappa shape index (κ3) is 2.21. The highest BCUT2D eigenvalue weighted by Gasteiger charge is 2.18. The zero-order chi connectivity index (χ0) is 14.8. The lowest BCUT2D eigenvalue weighted by molar-refractivity contribution is 0.0510. The number of methoxy groups -OCH3 is 1. The number of fused-ring (bicyclic) bond motifs is 3. The molecule has 0 spiro atoms. The van der Waals surface area contributed by atoms with Crippen molar-refractivity contribution in [1.29, 1.82) is 0 Å². The fourth-order valence-electron chi connectivity index (χ4n) is 2.25. The van der Waals surface area contributed by atoms with Crippen LogP contribution in [0.3, 0.4) is 0 Å². The number of carbonyl (C=O) groups is 1. The summed E-state index contributed by atoms with van der Waals surface area (Å²) in [5.41, 5.74) is 2.11. The number of rotatable bonds is 4. The van der Waals surface area contributed by atoms with E-state index in [1.807, 2.05) is 28.8 Å². The van der Waals surface area contributed by atoms with Gasteiger partial charge < -0.3 is 9.47 Å². The van der Waals surface area contributed by atoms with Crippen molar-refractivity contribution >= 4 is 28.0 Å². The lowest BCUT2D eigenvalue weighted by Crippen LogP contribution is -2.12. The van der Waals surface area contributed by atoms with Gasteiger partial charge in [0.2, 0.25) is 0 Å². The number of nitrogens with zero attached hydrogens (tertiary/aromatic N) is 4. The molecule has 0 aliphatic carbocycles. The van der Waals surface area contributed by atoms with E-state index in [0.717, 1.165) is 10.9 Å². The molecule has 108 valence electrons. The highest BCUT2D eigenvalue weighted by molar-refractivity contribution is 6.04. The normalized spacial score (nSPS) is 11.1. The molecule has 2 heterocycles. The predicted octanol–water partition coefficient (Wildman–Crippen LogP) is 1.76. The average molecular weight is 286 g/mol. The van der Waals surface area contributed by atoms with Crippen molar-refractivity contribution in [1.82, 2.24) is 19.7 Å². The van der Waals surface area contributed by atoms with Gasteiger partial charge in [0.25, 0.3) is 5.82 Å². The summed E-state index contributed by atoms with van der Waals surface area (Å²) in [5.74, 6) is -0.634. The second-order valence-corrected chi connectivity index (χ2v) is 4.39. The maximum absolute atomic E-state index is 11.7. The second kappa shape index (κ2) is 5.45. The van der Waals surface area contributed by atoms with Crippen molar-refractivity contribution in [3.8, 4) is 0 Å². The topological polar surface area (TPSA) is 79.1 Å². The molecule has 0 bridgehead atoms. The Morgan fingerprint density at radius 3 is 2.86 bits per heavy atom. The van der Waals surface area contributed by atoms with Crippen molar-refractivity contribution in [2.24, 2.45) is 0 Å². The lowest BCUT2D eigenvalue weighted by atomic mass is 10.2. The van der Waals surface area contributed by atoms with E-state index in [4.69, 9.17) is 9.47 Å². The van der Waals surface area contributed by atoms with Crippen LogP contribution in [0.1, 0.15) is 17.5 Å². The lowest BCUT2D eigenvalue weighted by Gasteiger charge is -2.04. The van der Waals surface area contributed by atoms with E-state index in [-0.39, 0.29) is 12.4 Å². The van der Waals surface area contributed by atoms with Crippen LogP contribution < -0.4 is 0 Å². The molecule has 7 nitrogen and oxygen atoms in total. The Morgan fingerprint density at radius 2 is 2.10 bits per heavy atom. The van der Waals surface area contributed by atoms with Crippen molar-refractivity contribution in [3.05, 3.63) is 30.1 Å². The maximum atomic E-state index is 11.7. The molecule has 0 atom stereocenters. The van der Waals surface area contributed by atoms with Crippen LogP contribution in [-0.2, 0) is 16.2 Å². The van der Waals surface area contributed by atoms with Gasteiger partial charge in [0.1, 0.15) is 12.2 Å². The van der Waals surface area contributed by atoms with Gasteiger partial charge in [-0.2, -0.15) is 0 Å². The van der Waals surface area contributed by atoms with Crippen LogP contribution in [0, 0.1) is 0 Å². The van der Waals surface area contributed by atoms with Gasteiger partial charge in [-0.05, 0) is 13.0 Å². The summed E-state index contributed by atoms with van der Waals surface area (Å²) in [7, 11) is 1.60. The SMILES string of the molecule is CCOC(=O)c1nnc2c3ccccc3n(COC)c2n1. The Bertz CT molecular complexity index is 812. The quantitative estimate of drug-likeness (QED) is 0.680. The molecule has 2 aromatic heterocycles. The number of hydrogen-bond acceptors (Lipinski definition) is 6. The molecule has 1 aromatic carbocycles. The van der Waals surface area contributed by atoms with E-state index in [9.17, 15) is 4.79 Å². The van der Waals surface area contributed by atoms with Gasteiger partial charge in [0, 0.05) is 12.5 Å². The van der Waals surface area contributed by atoms with Crippen LogP contribution >= 0.6 is 0 Å². The standard InChI is InChI=1S/C14H14N4O3/c1-3-21-14(19)12-15-13-11(16-17-12)9-6-4-5-7-10(9)18(13)8-20-2/h4-7H,3,8H2,1-2H3. The minimum absolute atomic E-state index is 0.0514. The number of benzene rings is 1. The largest absolute Gasteiger partial charge is 0.460 e. The first kappa shape index (κ1) is 13.4.